The summed E-state index contributed by atoms with van der Waals surface area (Å²) in [4.78, 5) is 11.4. The van der Waals surface area contributed by atoms with Crippen LogP contribution >= 0.6 is 11.6 Å². The molecular weight excluding hydrogens is 212 g/mol. The maximum Gasteiger partial charge on any atom is 0.339 e. The molecule has 78 valence electrons. The summed E-state index contributed by atoms with van der Waals surface area (Å²) in [5.74, 6) is 5.90. The number of methoxy groups -OCH3 is 1. The molecule has 0 saturated heterocycles. The van der Waals surface area contributed by atoms with Gasteiger partial charge in [0.05, 0.1) is 12.7 Å². The molecule has 0 spiro atoms. The number of carbonyl (C=O) groups is 1. The van der Waals surface area contributed by atoms with Crippen LogP contribution in [0.1, 0.15) is 22.3 Å². The van der Waals surface area contributed by atoms with Gasteiger partial charge in [-0.15, -0.1) is 11.6 Å². The summed E-state index contributed by atoms with van der Waals surface area (Å²) in [5.41, 5.74) is 1.16. The van der Waals surface area contributed by atoms with E-state index in [4.69, 9.17) is 11.6 Å². The van der Waals surface area contributed by atoms with Gasteiger partial charge in [0.25, 0.3) is 0 Å². The van der Waals surface area contributed by atoms with Crippen molar-refractivity contribution in [3.63, 3.8) is 0 Å². The molecule has 3 heteroatoms. The van der Waals surface area contributed by atoms with Crippen LogP contribution in [0.3, 0.4) is 0 Å². The Labute approximate surface area is 94.2 Å². The van der Waals surface area contributed by atoms with Crippen LogP contribution in [0.15, 0.2) is 24.3 Å². The van der Waals surface area contributed by atoms with Crippen LogP contribution in [0.5, 0.6) is 0 Å². The van der Waals surface area contributed by atoms with Gasteiger partial charge in [-0.2, -0.15) is 0 Å². The standard InChI is InChI=1S/C12H11ClO2/c1-15-12(14)11-8-3-2-6-10(11)7-4-5-9-13/h2-3,6,8H,5,9H2,1H3. The molecule has 0 atom stereocenters. The van der Waals surface area contributed by atoms with Crippen LogP contribution in [0, 0.1) is 11.8 Å². The predicted octanol–water partition coefficient (Wildman–Crippen LogP) is 2.45. The Morgan fingerprint density at radius 2 is 2.20 bits per heavy atom. The Balaban J connectivity index is 2.98. The molecule has 15 heavy (non-hydrogen) atoms. The van der Waals surface area contributed by atoms with Crippen LogP contribution in [-0.4, -0.2) is 19.0 Å². The van der Waals surface area contributed by atoms with E-state index >= 15 is 0 Å². The molecule has 0 N–H and O–H groups in total. The normalized spacial score (nSPS) is 8.93. The zero-order chi connectivity index (χ0) is 11.1. The SMILES string of the molecule is COC(=O)c1ccccc1C#CCCCl. The molecule has 1 rings (SSSR count). The van der Waals surface area contributed by atoms with Gasteiger partial charge in [0, 0.05) is 17.9 Å². The van der Waals surface area contributed by atoms with E-state index < -0.39 is 0 Å². The van der Waals surface area contributed by atoms with E-state index in [0.29, 0.717) is 23.4 Å². The topological polar surface area (TPSA) is 26.3 Å². The van der Waals surface area contributed by atoms with Crippen molar-refractivity contribution < 1.29 is 9.53 Å². The van der Waals surface area contributed by atoms with Crippen LogP contribution in [-0.2, 0) is 4.74 Å². The van der Waals surface area contributed by atoms with Crippen LogP contribution < -0.4 is 0 Å². The molecule has 0 amide bonds. The number of carbonyl (C=O) groups excluding carboxylic acids is 1. The Morgan fingerprint density at radius 3 is 2.87 bits per heavy atom. The molecule has 0 saturated carbocycles. The number of hydrogen-bond donors (Lipinski definition) is 0. The lowest BCUT2D eigenvalue weighted by Gasteiger charge is -2.00. The third kappa shape index (κ3) is 3.30. The quantitative estimate of drug-likeness (QED) is 0.437. The van der Waals surface area contributed by atoms with Crippen molar-refractivity contribution >= 4 is 17.6 Å². The van der Waals surface area contributed by atoms with Gasteiger partial charge in [-0.05, 0) is 12.1 Å². The van der Waals surface area contributed by atoms with Gasteiger partial charge in [-0.25, -0.2) is 4.79 Å². The second-order valence-corrected chi connectivity index (χ2v) is 3.16. The van der Waals surface area contributed by atoms with Crippen LogP contribution in [0.4, 0.5) is 0 Å². The summed E-state index contributed by atoms with van der Waals surface area (Å²) in [6.45, 7) is 0. The van der Waals surface area contributed by atoms with Gasteiger partial charge in [0.2, 0.25) is 0 Å². The highest BCUT2D eigenvalue weighted by Gasteiger charge is 2.08. The molecule has 1 aromatic rings. The maximum absolute atomic E-state index is 11.4. The highest BCUT2D eigenvalue weighted by Crippen LogP contribution is 2.08. The summed E-state index contributed by atoms with van der Waals surface area (Å²) >= 11 is 5.50. The summed E-state index contributed by atoms with van der Waals surface area (Å²) in [7, 11) is 1.35. The lowest BCUT2D eigenvalue weighted by Crippen LogP contribution is -2.03. The average molecular weight is 223 g/mol. The molecule has 0 bridgehead atoms. The molecule has 0 radical (unpaired) electrons. The molecule has 0 aromatic heterocycles. The highest BCUT2D eigenvalue weighted by atomic mass is 35.5. The van der Waals surface area contributed by atoms with Gasteiger partial charge in [0.1, 0.15) is 0 Å². The second-order valence-electron chi connectivity index (χ2n) is 2.78. The van der Waals surface area contributed by atoms with E-state index in [0.717, 1.165) is 0 Å². The van der Waals surface area contributed by atoms with Gasteiger partial charge in [-0.3, -0.25) is 0 Å². The van der Waals surface area contributed by atoms with Gasteiger partial charge in [0.15, 0.2) is 0 Å². The minimum absolute atomic E-state index is 0.370. The largest absolute Gasteiger partial charge is 0.465 e. The number of halogens is 1. The van der Waals surface area contributed by atoms with Crippen molar-refractivity contribution in [3.8, 4) is 11.8 Å². The van der Waals surface area contributed by atoms with Gasteiger partial charge >= 0.3 is 5.97 Å². The minimum atomic E-state index is -0.370. The number of alkyl halides is 1. The number of ether oxygens (including phenoxy) is 1. The van der Waals surface area contributed by atoms with Crippen molar-refractivity contribution in [2.24, 2.45) is 0 Å². The summed E-state index contributed by atoms with van der Waals surface area (Å²) in [5, 5.41) is 0. The monoisotopic (exact) mass is 222 g/mol. The van der Waals surface area contributed by atoms with Crippen molar-refractivity contribution in [1.29, 1.82) is 0 Å². The van der Waals surface area contributed by atoms with E-state index in [1.807, 2.05) is 6.07 Å². The van der Waals surface area contributed by atoms with E-state index in [1.54, 1.807) is 18.2 Å². The van der Waals surface area contributed by atoms with Crippen LogP contribution in [0.25, 0.3) is 0 Å². The first-order chi connectivity index (χ1) is 7.29. The summed E-state index contributed by atoms with van der Waals surface area (Å²) in [6.07, 6.45) is 0.608. The molecular formula is C12H11ClO2. The number of hydrogen-bond acceptors (Lipinski definition) is 2. The zero-order valence-corrected chi connectivity index (χ0v) is 9.17. The van der Waals surface area contributed by atoms with E-state index in [9.17, 15) is 4.79 Å². The Kier molecular flexibility index (Phi) is 4.73. The maximum atomic E-state index is 11.4. The lowest BCUT2D eigenvalue weighted by molar-refractivity contribution is 0.0600. The van der Waals surface area contributed by atoms with Crippen molar-refractivity contribution in [3.05, 3.63) is 35.4 Å². The number of benzene rings is 1. The van der Waals surface area contributed by atoms with E-state index in [-0.39, 0.29) is 5.97 Å². The first-order valence-corrected chi connectivity index (χ1v) is 5.05. The van der Waals surface area contributed by atoms with Gasteiger partial charge in [-0.1, -0.05) is 24.0 Å². The Bertz CT molecular complexity index is 402. The van der Waals surface area contributed by atoms with Gasteiger partial charge < -0.3 is 4.74 Å². The Hall–Kier alpha value is -1.46. The molecule has 1 aromatic carbocycles. The molecule has 0 unspecified atom stereocenters. The van der Waals surface area contributed by atoms with Crippen molar-refractivity contribution in [2.75, 3.05) is 13.0 Å². The fraction of sp³-hybridized carbons (Fsp3) is 0.250. The second kappa shape index (κ2) is 6.10. The molecule has 0 heterocycles. The Morgan fingerprint density at radius 1 is 1.47 bits per heavy atom. The predicted molar refractivity (Wildman–Crippen MR) is 60.0 cm³/mol. The third-order valence-electron chi connectivity index (χ3n) is 1.77. The fourth-order valence-corrected chi connectivity index (χ4v) is 1.18. The number of rotatable bonds is 2. The smallest absolute Gasteiger partial charge is 0.339 e. The van der Waals surface area contributed by atoms with Crippen molar-refractivity contribution in [1.82, 2.24) is 0 Å². The van der Waals surface area contributed by atoms with Crippen LogP contribution in [0.2, 0.25) is 0 Å². The molecule has 0 aliphatic rings. The fourth-order valence-electron chi connectivity index (χ4n) is 1.09. The number of esters is 1. The average Bonchev–Trinajstić information content (AvgIpc) is 2.29. The summed E-state index contributed by atoms with van der Waals surface area (Å²) < 4.78 is 4.65. The third-order valence-corrected chi connectivity index (χ3v) is 1.96. The molecule has 0 fully saturated rings. The van der Waals surface area contributed by atoms with E-state index in [2.05, 4.69) is 16.6 Å². The highest BCUT2D eigenvalue weighted by molar-refractivity contribution is 6.18. The molecule has 2 nitrogen and oxygen atoms in total. The summed E-state index contributed by atoms with van der Waals surface area (Å²) in [6, 6.07) is 7.08. The molecule has 0 aliphatic heterocycles. The van der Waals surface area contributed by atoms with Crippen molar-refractivity contribution in [2.45, 2.75) is 6.42 Å². The molecule has 0 aliphatic carbocycles. The zero-order valence-electron chi connectivity index (χ0n) is 8.42. The van der Waals surface area contributed by atoms with E-state index in [1.165, 1.54) is 7.11 Å². The lowest BCUT2D eigenvalue weighted by atomic mass is 10.1. The first-order valence-electron chi connectivity index (χ1n) is 4.51. The minimum Gasteiger partial charge on any atom is -0.465 e. The first kappa shape index (κ1) is 11.6.